The molecule has 1 N–H and O–H groups in total. The highest BCUT2D eigenvalue weighted by Crippen LogP contribution is 2.27. The number of thiazole rings is 1. The van der Waals surface area contributed by atoms with Gasteiger partial charge >= 0.3 is 0 Å². The van der Waals surface area contributed by atoms with Crippen molar-refractivity contribution in [1.29, 1.82) is 0 Å². The van der Waals surface area contributed by atoms with E-state index in [2.05, 4.69) is 41.5 Å². The van der Waals surface area contributed by atoms with Crippen LogP contribution in [-0.4, -0.2) is 16.6 Å². The highest BCUT2D eigenvalue weighted by Gasteiger charge is 2.08. The first-order valence-corrected chi connectivity index (χ1v) is 9.52. The molecule has 0 aliphatic carbocycles. The Morgan fingerprint density at radius 3 is 2.78 bits per heavy atom. The number of hydrogen-bond donors (Lipinski definition) is 1. The summed E-state index contributed by atoms with van der Waals surface area (Å²) < 4.78 is 1.12. The maximum atomic E-state index is 12.0. The highest BCUT2D eigenvalue weighted by molar-refractivity contribution is 7.99. The number of aryl methyl sites for hydroxylation is 1. The van der Waals surface area contributed by atoms with Gasteiger partial charge in [-0.25, -0.2) is 4.98 Å². The number of amides is 1. The summed E-state index contributed by atoms with van der Waals surface area (Å²) in [5, 5.41) is 3.58. The molecular formula is C18H18N2OS2. The minimum Gasteiger partial charge on any atom is -0.301 e. The first-order chi connectivity index (χ1) is 11.2. The zero-order valence-electron chi connectivity index (χ0n) is 12.9. The van der Waals surface area contributed by atoms with Gasteiger partial charge in [0, 0.05) is 5.75 Å². The average molecular weight is 342 g/mol. The van der Waals surface area contributed by atoms with Crippen LogP contribution in [0.15, 0.2) is 48.5 Å². The van der Waals surface area contributed by atoms with E-state index in [0.717, 1.165) is 22.4 Å². The van der Waals surface area contributed by atoms with E-state index in [4.69, 9.17) is 0 Å². The van der Waals surface area contributed by atoms with Crippen LogP contribution in [0.25, 0.3) is 10.2 Å². The van der Waals surface area contributed by atoms with Crippen molar-refractivity contribution in [3.63, 3.8) is 0 Å². The van der Waals surface area contributed by atoms with Gasteiger partial charge in [-0.3, -0.25) is 4.79 Å². The molecule has 3 rings (SSSR count). The van der Waals surface area contributed by atoms with Crippen LogP contribution in [0.3, 0.4) is 0 Å². The second kappa shape index (κ2) is 7.62. The number of benzene rings is 2. The summed E-state index contributed by atoms with van der Waals surface area (Å²) in [5.74, 6) is 1.28. The summed E-state index contributed by atoms with van der Waals surface area (Å²) in [5.41, 5.74) is 3.47. The monoisotopic (exact) mass is 342 g/mol. The van der Waals surface area contributed by atoms with Crippen molar-refractivity contribution in [1.82, 2.24) is 4.98 Å². The van der Waals surface area contributed by atoms with Gasteiger partial charge in [0.25, 0.3) is 0 Å². The van der Waals surface area contributed by atoms with Gasteiger partial charge in [-0.1, -0.05) is 54.7 Å². The molecule has 3 nitrogen and oxygen atoms in total. The number of anilines is 1. The third-order valence-electron chi connectivity index (χ3n) is 3.45. The molecule has 23 heavy (non-hydrogen) atoms. The molecule has 0 saturated carbocycles. The molecular weight excluding hydrogens is 324 g/mol. The van der Waals surface area contributed by atoms with Crippen LogP contribution in [0.1, 0.15) is 18.1 Å². The molecule has 0 unspecified atom stereocenters. The molecule has 1 heterocycles. The Bertz CT molecular complexity index is 799. The Balaban J connectivity index is 1.55. The second-order valence-electron chi connectivity index (χ2n) is 5.20. The molecule has 1 aromatic heterocycles. The molecule has 0 fully saturated rings. The van der Waals surface area contributed by atoms with Crippen molar-refractivity contribution in [2.45, 2.75) is 19.1 Å². The van der Waals surface area contributed by atoms with E-state index in [0.29, 0.717) is 10.9 Å². The molecule has 2 aromatic carbocycles. The number of carbonyl (C=O) groups excluding carboxylic acids is 1. The summed E-state index contributed by atoms with van der Waals surface area (Å²) in [6.45, 7) is 2.13. The fourth-order valence-corrected chi connectivity index (χ4v) is 3.97. The van der Waals surface area contributed by atoms with Crippen molar-refractivity contribution in [2.24, 2.45) is 0 Å². The van der Waals surface area contributed by atoms with Crippen LogP contribution >= 0.6 is 23.1 Å². The first-order valence-electron chi connectivity index (χ1n) is 7.55. The van der Waals surface area contributed by atoms with Crippen LogP contribution in [-0.2, 0) is 17.0 Å². The lowest BCUT2D eigenvalue weighted by atomic mass is 10.2. The van der Waals surface area contributed by atoms with E-state index >= 15 is 0 Å². The Morgan fingerprint density at radius 2 is 2.00 bits per heavy atom. The fourth-order valence-electron chi connectivity index (χ4n) is 2.23. The summed E-state index contributed by atoms with van der Waals surface area (Å²) in [6, 6.07) is 16.4. The zero-order valence-corrected chi connectivity index (χ0v) is 14.5. The number of nitrogens with zero attached hydrogens (tertiary/aromatic N) is 1. The summed E-state index contributed by atoms with van der Waals surface area (Å²) in [6.07, 6.45) is 1.01. The van der Waals surface area contributed by atoms with Crippen LogP contribution in [0, 0.1) is 0 Å². The van der Waals surface area contributed by atoms with Crippen molar-refractivity contribution >= 4 is 44.4 Å². The van der Waals surface area contributed by atoms with E-state index in [9.17, 15) is 4.79 Å². The SMILES string of the molecule is CCc1ccc2nc(NC(=O)CSCc3ccccc3)sc2c1. The van der Waals surface area contributed by atoms with E-state index < -0.39 is 0 Å². The lowest BCUT2D eigenvalue weighted by Gasteiger charge is -2.02. The zero-order chi connectivity index (χ0) is 16.1. The minimum absolute atomic E-state index is 0.000650. The number of aromatic nitrogens is 1. The molecule has 1 amide bonds. The Kier molecular flexibility index (Phi) is 5.31. The van der Waals surface area contributed by atoms with Gasteiger partial charge in [0.1, 0.15) is 0 Å². The normalized spacial score (nSPS) is 10.8. The lowest BCUT2D eigenvalue weighted by molar-refractivity contribution is -0.113. The number of nitrogens with one attached hydrogen (secondary N) is 1. The standard InChI is InChI=1S/C18H18N2OS2/c1-2-13-8-9-15-16(10-13)23-18(19-15)20-17(21)12-22-11-14-6-4-3-5-7-14/h3-10H,2,11-12H2,1H3,(H,19,20,21). The lowest BCUT2D eigenvalue weighted by Crippen LogP contribution is -2.13. The molecule has 0 aliphatic rings. The summed E-state index contributed by atoms with van der Waals surface area (Å²) >= 11 is 3.14. The quantitative estimate of drug-likeness (QED) is 0.704. The van der Waals surface area contributed by atoms with E-state index in [1.165, 1.54) is 22.5 Å². The predicted molar refractivity (Wildman–Crippen MR) is 100 cm³/mol. The van der Waals surface area contributed by atoms with Gasteiger partial charge in [0.15, 0.2) is 5.13 Å². The molecule has 0 aliphatic heterocycles. The maximum absolute atomic E-state index is 12.0. The number of carbonyl (C=O) groups is 1. The fraction of sp³-hybridized carbons (Fsp3) is 0.222. The van der Waals surface area contributed by atoms with Gasteiger partial charge < -0.3 is 5.32 Å². The largest absolute Gasteiger partial charge is 0.301 e. The highest BCUT2D eigenvalue weighted by atomic mass is 32.2. The molecule has 0 atom stereocenters. The van der Waals surface area contributed by atoms with Crippen molar-refractivity contribution in [2.75, 3.05) is 11.1 Å². The third kappa shape index (κ3) is 4.33. The maximum Gasteiger partial charge on any atom is 0.236 e. The van der Waals surface area contributed by atoms with Gasteiger partial charge in [0.2, 0.25) is 5.91 Å². The Hall–Kier alpha value is -1.85. The van der Waals surface area contributed by atoms with Gasteiger partial charge in [-0.05, 0) is 29.7 Å². The van der Waals surface area contributed by atoms with Crippen molar-refractivity contribution in [3.8, 4) is 0 Å². The summed E-state index contributed by atoms with van der Waals surface area (Å²) in [7, 11) is 0. The molecule has 0 bridgehead atoms. The minimum atomic E-state index is 0.000650. The molecule has 0 radical (unpaired) electrons. The second-order valence-corrected chi connectivity index (χ2v) is 7.22. The number of fused-ring (bicyclic) bond motifs is 1. The van der Waals surface area contributed by atoms with Crippen molar-refractivity contribution < 1.29 is 4.79 Å². The van der Waals surface area contributed by atoms with Crippen LogP contribution in [0.2, 0.25) is 0 Å². The molecule has 118 valence electrons. The molecule has 0 saturated heterocycles. The smallest absolute Gasteiger partial charge is 0.236 e. The van der Waals surface area contributed by atoms with Crippen LogP contribution in [0.5, 0.6) is 0 Å². The Morgan fingerprint density at radius 1 is 1.17 bits per heavy atom. The first kappa shape index (κ1) is 16.0. The summed E-state index contributed by atoms with van der Waals surface area (Å²) in [4.78, 5) is 16.5. The van der Waals surface area contributed by atoms with E-state index in [-0.39, 0.29) is 5.91 Å². The van der Waals surface area contributed by atoms with Crippen LogP contribution in [0.4, 0.5) is 5.13 Å². The number of hydrogen-bond acceptors (Lipinski definition) is 4. The van der Waals surface area contributed by atoms with Gasteiger partial charge in [-0.15, -0.1) is 11.8 Å². The molecule has 5 heteroatoms. The molecule has 0 spiro atoms. The average Bonchev–Trinajstić information content (AvgIpc) is 2.96. The van der Waals surface area contributed by atoms with Gasteiger partial charge in [0.05, 0.1) is 16.0 Å². The Labute approximate surface area is 144 Å². The van der Waals surface area contributed by atoms with Crippen molar-refractivity contribution in [3.05, 3.63) is 59.7 Å². The third-order valence-corrected chi connectivity index (χ3v) is 5.39. The van der Waals surface area contributed by atoms with Gasteiger partial charge in [-0.2, -0.15) is 0 Å². The van der Waals surface area contributed by atoms with E-state index in [1.807, 2.05) is 24.3 Å². The molecule has 3 aromatic rings. The predicted octanol–water partition coefficient (Wildman–Crippen LogP) is 4.73. The number of rotatable bonds is 6. The topological polar surface area (TPSA) is 42.0 Å². The van der Waals surface area contributed by atoms with Crippen LogP contribution < -0.4 is 5.32 Å². The van der Waals surface area contributed by atoms with E-state index in [1.54, 1.807) is 11.8 Å². The number of thioether (sulfide) groups is 1.